The van der Waals surface area contributed by atoms with Crippen LogP contribution in [0.1, 0.15) is 38.2 Å². The molecule has 8 nitrogen and oxygen atoms in total. The van der Waals surface area contributed by atoms with Crippen molar-refractivity contribution in [3.8, 4) is 29.6 Å². The number of pyridine rings is 1. The monoisotopic (exact) mass is 630 g/mol. The van der Waals surface area contributed by atoms with Crippen LogP contribution < -0.4 is 15.0 Å². The summed E-state index contributed by atoms with van der Waals surface area (Å²) in [6, 6.07) is 8.17. The highest BCUT2D eigenvalue weighted by Gasteiger charge is 2.49. The summed E-state index contributed by atoms with van der Waals surface area (Å²) >= 11 is 0. The van der Waals surface area contributed by atoms with Gasteiger partial charge in [-0.15, -0.1) is 6.42 Å². The zero-order chi connectivity index (χ0) is 32.1. The van der Waals surface area contributed by atoms with Crippen molar-refractivity contribution in [1.82, 2.24) is 25.2 Å². The first kappa shape index (κ1) is 30.7. The summed E-state index contributed by atoms with van der Waals surface area (Å²) in [7, 11) is 1.67. The van der Waals surface area contributed by atoms with Crippen molar-refractivity contribution in [2.24, 2.45) is 0 Å². The third-order valence-electron chi connectivity index (χ3n) is 10.0. The quantitative estimate of drug-likeness (QED) is 0.264. The molecular formula is C35H37F3N6O2. The third kappa shape index (κ3) is 5.13. The van der Waals surface area contributed by atoms with Gasteiger partial charge in [0.1, 0.15) is 35.6 Å². The maximum atomic E-state index is 16.8. The van der Waals surface area contributed by atoms with Gasteiger partial charge in [0.2, 0.25) is 0 Å². The van der Waals surface area contributed by atoms with Crippen molar-refractivity contribution in [2.75, 3.05) is 57.9 Å². The summed E-state index contributed by atoms with van der Waals surface area (Å²) in [6.45, 7) is 5.83. The maximum Gasteiger partial charge on any atom is 0.319 e. The van der Waals surface area contributed by atoms with Crippen LogP contribution in [0.3, 0.4) is 0 Å². The van der Waals surface area contributed by atoms with Gasteiger partial charge in [0.25, 0.3) is 0 Å². The number of benzene rings is 2. The number of nitrogens with zero attached hydrogens (tertiary/aromatic N) is 5. The summed E-state index contributed by atoms with van der Waals surface area (Å²) in [5.41, 5.74) is -0.333. The molecule has 0 amide bonds. The van der Waals surface area contributed by atoms with Crippen molar-refractivity contribution < 1.29 is 22.6 Å². The van der Waals surface area contributed by atoms with Crippen LogP contribution in [-0.4, -0.2) is 90.1 Å². The molecule has 11 heteroatoms. The molecule has 0 spiro atoms. The molecule has 2 aromatic heterocycles. The average molecular weight is 631 g/mol. The average Bonchev–Trinajstić information content (AvgIpc) is 3.59. The number of nitrogens with one attached hydrogen (secondary N) is 1. The number of aromatic nitrogens is 3. The minimum absolute atomic E-state index is 0.00461. The molecule has 1 N–H and O–H groups in total. The molecule has 46 heavy (non-hydrogen) atoms. The van der Waals surface area contributed by atoms with Crippen LogP contribution in [0, 0.1) is 24.0 Å². The Bertz CT molecular complexity index is 1850. The smallest absolute Gasteiger partial charge is 0.319 e. The van der Waals surface area contributed by atoms with Crippen LogP contribution >= 0.6 is 0 Å². The predicted molar refractivity (Wildman–Crippen MR) is 172 cm³/mol. The molecule has 3 aliphatic rings. The van der Waals surface area contributed by atoms with Gasteiger partial charge in [0, 0.05) is 56.9 Å². The number of hydrogen-bond donors (Lipinski definition) is 1. The lowest BCUT2D eigenvalue weighted by Gasteiger charge is -2.43. The van der Waals surface area contributed by atoms with Gasteiger partial charge >= 0.3 is 6.01 Å². The van der Waals surface area contributed by atoms with E-state index in [4.69, 9.17) is 20.9 Å². The molecule has 0 saturated carbocycles. The Morgan fingerprint density at radius 1 is 1.15 bits per heavy atom. The Hall–Kier alpha value is -3.98. The number of fused-ring (bicyclic) bond motifs is 3. The number of rotatable bonds is 8. The Balaban J connectivity index is 1.37. The molecule has 0 radical (unpaired) electrons. The topological polar surface area (TPSA) is 75.6 Å². The molecule has 0 aliphatic carbocycles. The zero-order valence-corrected chi connectivity index (χ0v) is 26.1. The highest BCUT2D eigenvalue weighted by Crippen LogP contribution is 2.41. The first-order chi connectivity index (χ1) is 22.3. The first-order valence-electron chi connectivity index (χ1n) is 15.9. The van der Waals surface area contributed by atoms with Gasteiger partial charge in [-0.1, -0.05) is 37.1 Å². The SMILES string of the molecule is C#Cc1c(F)ccc2cccc(-c3ncc4c(N5CCN[C@@](CC)(COC)C5)nc(OC[C@@]56CCCN5C[C@H](F)C6)nc4c3F)c12. The molecule has 4 aromatic rings. The van der Waals surface area contributed by atoms with Gasteiger partial charge in [-0.25, -0.2) is 13.2 Å². The molecule has 7 rings (SSSR count). The number of piperazine rings is 1. The van der Waals surface area contributed by atoms with Gasteiger partial charge in [-0.2, -0.15) is 9.97 Å². The molecule has 0 bridgehead atoms. The van der Waals surface area contributed by atoms with Crippen molar-refractivity contribution in [3.05, 3.63) is 53.7 Å². The number of terminal acetylenes is 1. The van der Waals surface area contributed by atoms with Gasteiger partial charge < -0.3 is 19.7 Å². The van der Waals surface area contributed by atoms with E-state index in [1.165, 1.54) is 6.07 Å². The standard InChI is InChI=1S/C35H37F3N6O2/c1-4-24-27(37)11-10-22-8-6-9-25(28(22)24)30-29(38)31-26(17-39-30)32(43-15-13-40-34(5-2,19-43)20-45-3)42-33(41-31)46-21-35-12-7-14-44(35)18-23(36)16-35/h1,6,8-11,17,23,40H,5,7,12-16,18-21H2,2-3H3/t23-,34-,35+/m1/s1. The number of anilines is 1. The van der Waals surface area contributed by atoms with E-state index in [-0.39, 0.29) is 34.9 Å². The summed E-state index contributed by atoms with van der Waals surface area (Å²) < 4.78 is 58.0. The van der Waals surface area contributed by atoms with E-state index in [2.05, 4.69) is 37.9 Å². The lowest BCUT2D eigenvalue weighted by Crippen LogP contribution is -2.62. The van der Waals surface area contributed by atoms with E-state index < -0.39 is 23.3 Å². The summed E-state index contributed by atoms with van der Waals surface area (Å²) in [4.78, 5) is 18.2. The van der Waals surface area contributed by atoms with Crippen LogP contribution in [0.15, 0.2) is 36.5 Å². The number of halogens is 3. The van der Waals surface area contributed by atoms with Crippen molar-refractivity contribution in [3.63, 3.8) is 0 Å². The largest absolute Gasteiger partial charge is 0.461 e. The summed E-state index contributed by atoms with van der Waals surface area (Å²) in [5, 5.41) is 5.08. The van der Waals surface area contributed by atoms with E-state index in [1.807, 2.05) is 0 Å². The van der Waals surface area contributed by atoms with Crippen LogP contribution in [0.5, 0.6) is 6.01 Å². The second kappa shape index (κ2) is 12.0. The van der Waals surface area contributed by atoms with E-state index in [1.54, 1.807) is 37.6 Å². The lowest BCUT2D eigenvalue weighted by molar-refractivity contribution is 0.101. The van der Waals surface area contributed by atoms with E-state index in [0.717, 1.165) is 25.8 Å². The highest BCUT2D eigenvalue weighted by atomic mass is 19.1. The molecule has 240 valence electrons. The first-order valence-corrected chi connectivity index (χ1v) is 15.9. The number of hydrogen-bond acceptors (Lipinski definition) is 8. The summed E-state index contributed by atoms with van der Waals surface area (Å²) in [5.74, 6) is 1.67. The fraction of sp³-hybridized carbons (Fsp3) is 0.457. The lowest BCUT2D eigenvalue weighted by atomic mass is 9.94. The number of alkyl halides is 1. The van der Waals surface area contributed by atoms with Crippen LogP contribution in [-0.2, 0) is 4.74 Å². The molecule has 5 heterocycles. The number of ether oxygens (including phenoxy) is 2. The Morgan fingerprint density at radius 2 is 2.02 bits per heavy atom. The Kier molecular flexibility index (Phi) is 7.99. The fourth-order valence-corrected chi connectivity index (χ4v) is 7.70. The molecular weight excluding hydrogens is 593 g/mol. The molecule has 3 aliphatic heterocycles. The van der Waals surface area contributed by atoms with E-state index in [0.29, 0.717) is 66.7 Å². The molecule has 0 unspecified atom stereocenters. The highest BCUT2D eigenvalue weighted by molar-refractivity contribution is 6.02. The Labute approximate surface area is 266 Å². The van der Waals surface area contributed by atoms with Gasteiger partial charge in [0.15, 0.2) is 5.82 Å². The second-order valence-corrected chi connectivity index (χ2v) is 12.8. The molecule has 2 aromatic carbocycles. The minimum Gasteiger partial charge on any atom is -0.461 e. The maximum absolute atomic E-state index is 16.8. The van der Waals surface area contributed by atoms with Gasteiger partial charge in [0.05, 0.1) is 28.6 Å². The van der Waals surface area contributed by atoms with Gasteiger partial charge in [-0.05, 0) is 37.3 Å². The van der Waals surface area contributed by atoms with Crippen molar-refractivity contribution in [2.45, 2.75) is 49.9 Å². The molecule has 3 saturated heterocycles. The summed E-state index contributed by atoms with van der Waals surface area (Å²) in [6.07, 6.45) is 9.34. The van der Waals surface area contributed by atoms with Crippen molar-refractivity contribution >= 4 is 27.5 Å². The second-order valence-electron chi connectivity index (χ2n) is 12.8. The zero-order valence-electron chi connectivity index (χ0n) is 26.1. The fourth-order valence-electron chi connectivity index (χ4n) is 7.70. The Morgan fingerprint density at radius 3 is 2.83 bits per heavy atom. The molecule has 3 fully saturated rings. The predicted octanol–water partition coefficient (Wildman–Crippen LogP) is 5.26. The van der Waals surface area contributed by atoms with Crippen LogP contribution in [0.2, 0.25) is 0 Å². The van der Waals surface area contributed by atoms with Crippen LogP contribution in [0.4, 0.5) is 19.0 Å². The number of methoxy groups -OCH3 is 1. The van der Waals surface area contributed by atoms with Crippen LogP contribution in [0.25, 0.3) is 32.9 Å². The van der Waals surface area contributed by atoms with E-state index >= 15 is 4.39 Å². The van der Waals surface area contributed by atoms with Gasteiger partial charge in [-0.3, -0.25) is 9.88 Å². The van der Waals surface area contributed by atoms with Crippen molar-refractivity contribution in [1.29, 1.82) is 0 Å². The molecule has 3 atom stereocenters. The minimum atomic E-state index is -0.912. The third-order valence-corrected chi connectivity index (χ3v) is 10.0. The normalized spacial score (nSPS) is 24.9. The van der Waals surface area contributed by atoms with E-state index in [9.17, 15) is 8.78 Å².